The first-order valence-corrected chi connectivity index (χ1v) is 13.4. The maximum atomic E-state index is 14.5. The lowest BCUT2D eigenvalue weighted by atomic mass is 9.95. The standard InChI is InChI=1S/C29H20ClF4N3O3S.ClH/c30-18-7-10-20(21(12-18)16-5-8-19(31)9-6-16)26(29(32,33)34)40-27-25-24(36-14-37-27)22(13-41-25)17-3-1-15(2-4-17)11-23(35)28(38)39;/h1-10,12-14,23,26H,11,35H2,(H,38,39);1H. The minimum atomic E-state index is -4.84. The SMILES string of the molecule is Cl.NC(Cc1ccc(-c2csc3c(OC(c4ccc(Cl)cc4-c4ccc(F)cc4)C(F)(F)F)ncnc23)cc1)C(=O)O. The van der Waals surface area contributed by atoms with Gasteiger partial charge in [0.05, 0.1) is 5.52 Å². The van der Waals surface area contributed by atoms with Crippen molar-refractivity contribution in [1.29, 1.82) is 0 Å². The molecule has 0 spiro atoms. The highest BCUT2D eigenvalue weighted by atomic mass is 35.5. The first kappa shape index (κ1) is 31.2. The zero-order chi connectivity index (χ0) is 29.3. The van der Waals surface area contributed by atoms with E-state index in [1.165, 1.54) is 30.3 Å². The number of alkyl halides is 3. The molecule has 2 unspecified atom stereocenters. The Morgan fingerprint density at radius 1 is 1.00 bits per heavy atom. The van der Waals surface area contributed by atoms with Crippen LogP contribution in [0.4, 0.5) is 17.6 Å². The first-order valence-electron chi connectivity index (χ1n) is 12.1. The molecule has 0 saturated heterocycles. The summed E-state index contributed by atoms with van der Waals surface area (Å²) in [6.07, 6.45) is -5.98. The molecule has 2 aromatic heterocycles. The molecule has 2 heterocycles. The van der Waals surface area contributed by atoms with Gasteiger partial charge >= 0.3 is 12.1 Å². The van der Waals surface area contributed by atoms with Crippen LogP contribution in [0, 0.1) is 5.82 Å². The van der Waals surface area contributed by atoms with E-state index in [0.29, 0.717) is 21.3 Å². The average Bonchev–Trinajstić information content (AvgIpc) is 3.37. The minimum absolute atomic E-state index is 0. The van der Waals surface area contributed by atoms with E-state index in [1.807, 2.05) is 0 Å². The van der Waals surface area contributed by atoms with Gasteiger partial charge in [0.25, 0.3) is 0 Å². The molecule has 5 rings (SSSR count). The number of nitrogens with zero attached hydrogens (tertiary/aromatic N) is 2. The number of carboxylic acid groups (broad SMARTS) is 1. The van der Waals surface area contributed by atoms with Crippen LogP contribution in [0.15, 0.2) is 78.4 Å². The molecule has 2 atom stereocenters. The van der Waals surface area contributed by atoms with E-state index in [0.717, 1.165) is 40.9 Å². The van der Waals surface area contributed by atoms with Crippen LogP contribution in [0.3, 0.4) is 0 Å². The molecule has 0 amide bonds. The van der Waals surface area contributed by atoms with Crippen molar-refractivity contribution in [3.05, 3.63) is 100 Å². The topological polar surface area (TPSA) is 98.3 Å². The van der Waals surface area contributed by atoms with Crippen molar-refractivity contribution in [2.24, 2.45) is 5.73 Å². The summed E-state index contributed by atoms with van der Waals surface area (Å²) < 4.78 is 62.9. The number of benzene rings is 3. The Labute approximate surface area is 252 Å². The monoisotopic (exact) mass is 637 g/mol. The number of carboxylic acids is 1. The van der Waals surface area contributed by atoms with E-state index in [-0.39, 0.29) is 40.9 Å². The Hall–Kier alpha value is -3.77. The fourth-order valence-corrected chi connectivity index (χ4v) is 5.47. The molecule has 6 nitrogen and oxygen atoms in total. The van der Waals surface area contributed by atoms with Crippen LogP contribution < -0.4 is 10.5 Å². The van der Waals surface area contributed by atoms with Gasteiger partial charge in [0.15, 0.2) is 0 Å². The minimum Gasteiger partial charge on any atom is -0.480 e. The summed E-state index contributed by atoms with van der Waals surface area (Å²) in [7, 11) is 0. The second-order valence-corrected chi connectivity index (χ2v) is 10.4. The van der Waals surface area contributed by atoms with Crippen LogP contribution in [-0.2, 0) is 11.2 Å². The Bertz CT molecular complexity index is 1710. The molecule has 0 aliphatic carbocycles. The summed E-state index contributed by atoms with van der Waals surface area (Å²) in [5.74, 6) is -1.89. The van der Waals surface area contributed by atoms with Crippen molar-refractivity contribution in [2.75, 3.05) is 0 Å². The van der Waals surface area contributed by atoms with Crippen molar-refractivity contribution in [3.63, 3.8) is 0 Å². The molecule has 218 valence electrons. The van der Waals surface area contributed by atoms with Gasteiger partial charge in [-0.25, -0.2) is 14.4 Å². The molecular weight excluding hydrogens is 617 g/mol. The lowest BCUT2D eigenvalue weighted by Crippen LogP contribution is -2.32. The zero-order valence-corrected chi connectivity index (χ0v) is 23.7. The summed E-state index contributed by atoms with van der Waals surface area (Å²) in [5.41, 5.74) is 8.34. The third kappa shape index (κ3) is 6.65. The van der Waals surface area contributed by atoms with Crippen molar-refractivity contribution >= 4 is 51.5 Å². The second kappa shape index (κ2) is 12.6. The number of thiophene rings is 1. The highest BCUT2D eigenvalue weighted by Crippen LogP contribution is 2.44. The Morgan fingerprint density at radius 2 is 1.64 bits per heavy atom. The van der Waals surface area contributed by atoms with Gasteiger partial charge in [0.1, 0.15) is 22.9 Å². The van der Waals surface area contributed by atoms with E-state index < -0.39 is 30.1 Å². The van der Waals surface area contributed by atoms with Crippen molar-refractivity contribution in [3.8, 4) is 28.1 Å². The molecule has 0 radical (unpaired) electrons. The van der Waals surface area contributed by atoms with E-state index in [1.54, 1.807) is 29.6 Å². The Balaban J connectivity index is 0.00000405. The fourth-order valence-electron chi connectivity index (χ4n) is 4.33. The van der Waals surface area contributed by atoms with Crippen molar-refractivity contribution in [2.45, 2.75) is 24.7 Å². The number of hydrogen-bond donors (Lipinski definition) is 2. The molecule has 3 N–H and O–H groups in total. The van der Waals surface area contributed by atoms with Crippen LogP contribution in [0.1, 0.15) is 17.2 Å². The molecule has 0 aliphatic rings. The fraction of sp³-hybridized carbons (Fsp3) is 0.138. The van der Waals surface area contributed by atoms with Crippen LogP contribution >= 0.6 is 35.3 Å². The largest absolute Gasteiger partial charge is 0.480 e. The quantitative estimate of drug-likeness (QED) is 0.168. The van der Waals surface area contributed by atoms with Crippen LogP contribution in [-0.4, -0.2) is 33.3 Å². The predicted molar refractivity (Wildman–Crippen MR) is 156 cm³/mol. The summed E-state index contributed by atoms with van der Waals surface area (Å²) in [6, 6.07) is 14.9. The number of fused-ring (bicyclic) bond motifs is 1. The summed E-state index contributed by atoms with van der Waals surface area (Å²) in [4.78, 5) is 19.3. The smallest absolute Gasteiger partial charge is 0.429 e. The van der Waals surface area contributed by atoms with Crippen LogP contribution in [0.2, 0.25) is 5.02 Å². The number of hydrogen-bond acceptors (Lipinski definition) is 6. The average molecular weight is 638 g/mol. The molecule has 3 aromatic carbocycles. The number of aliphatic carboxylic acids is 1. The van der Waals surface area contributed by atoms with E-state index in [4.69, 9.17) is 27.2 Å². The van der Waals surface area contributed by atoms with Gasteiger partial charge in [0.2, 0.25) is 12.0 Å². The van der Waals surface area contributed by atoms with Gasteiger partial charge in [-0.2, -0.15) is 13.2 Å². The molecule has 13 heteroatoms. The number of ether oxygens (including phenoxy) is 1. The third-order valence-corrected chi connectivity index (χ3v) is 7.53. The van der Waals surface area contributed by atoms with Crippen LogP contribution in [0.25, 0.3) is 32.5 Å². The molecule has 0 fully saturated rings. The zero-order valence-electron chi connectivity index (χ0n) is 21.3. The van der Waals surface area contributed by atoms with E-state index in [2.05, 4.69) is 9.97 Å². The third-order valence-electron chi connectivity index (χ3n) is 6.34. The van der Waals surface area contributed by atoms with Gasteiger partial charge in [0, 0.05) is 21.5 Å². The maximum Gasteiger partial charge on any atom is 0.429 e. The predicted octanol–water partition coefficient (Wildman–Crippen LogP) is 7.88. The van der Waals surface area contributed by atoms with Gasteiger partial charge in [-0.15, -0.1) is 23.7 Å². The number of halogens is 6. The van der Waals surface area contributed by atoms with Gasteiger partial charge in [-0.3, -0.25) is 4.79 Å². The Morgan fingerprint density at radius 3 is 2.29 bits per heavy atom. The lowest BCUT2D eigenvalue weighted by Gasteiger charge is -2.24. The van der Waals surface area contributed by atoms with E-state index in [9.17, 15) is 22.4 Å². The first-order chi connectivity index (χ1) is 19.5. The highest BCUT2D eigenvalue weighted by molar-refractivity contribution is 7.18. The summed E-state index contributed by atoms with van der Waals surface area (Å²) in [5, 5.41) is 11.0. The second-order valence-electron chi connectivity index (χ2n) is 9.13. The van der Waals surface area contributed by atoms with Crippen molar-refractivity contribution in [1.82, 2.24) is 9.97 Å². The maximum absolute atomic E-state index is 14.5. The molecular formula is C29H21Cl2F4N3O3S. The number of rotatable bonds is 8. The van der Waals surface area contributed by atoms with Gasteiger partial charge in [-0.05, 0) is 52.9 Å². The van der Waals surface area contributed by atoms with E-state index >= 15 is 0 Å². The summed E-state index contributed by atoms with van der Waals surface area (Å²) in [6.45, 7) is 0. The van der Waals surface area contributed by atoms with Crippen molar-refractivity contribution < 1.29 is 32.2 Å². The number of carbonyl (C=O) groups is 1. The normalized spacial score (nSPS) is 12.9. The molecule has 0 bridgehead atoms. The Kier molecular flexibility index (Phi) is 9.37. The van der Waals surface area contributed by atoms with Gasteiger partial charge < -0.3 is 15.6 Å². The number of aromatic nitrogens is 2. The molecule has 42 heavy (non-hydrogen) atoms. The van der Waals surface area contributed by atoms with Crippen LogP contribution in [0.5, 0.6) is 5.88 Å². The number of nitrogens with two attached hydrogens (primary N) is 1. The molecule has 0 aliphatic heterocycles. The van der Waals surface area contributed by atoms with Gasteiger partial charge in [-0.1, -0.05) is 54.1 Å². The lowest BCUT2D eigenvalue weighted by molar-refractivity contribution is -0.198. The highest BCUT2D eigenvalue weighted by Gasteiger charge is 2.45. The summed E-state index contributed by atoms with van der Waals surface area (Å²) >= 11 is 7.25. The molecule has 5 aromatic rings. The molecule has 0 saturated carbocycles.